The maximum absolute atomic E-state index is 13.2. The predicted molar refractivity (Wildman–Crippen MR) is 253 cm³/mol. The van der Waals surface area contributed by atoms with Gasteiger partial charge in [0.2, 0.25) is 11.8 Å². The molecule has 382 valence electrons. The molecule has 0 bridgehead atoms. The van der Waals surface area contributed by atoms with Gasteiger partial charge in [0.25, 0.3) is 11.8 Å². The number of nitrogens with zero attached hydrogens (tertiary/aromatic N) is 1. The summed E-state index contributed by atoms with van der Waals surface area (Å²) in [6.07, 6.45) is 10.6. The van der Waals surface area contributed by atoms with Gasteiger partial charge < -0.3 is 57.4 Å². The number of aryl methyl sites for hydroxylation is 1. The summed E-state index contributed by atoms with van der Waals surface area (Å²) >= 11 is 0. The molecule has 1 atom stereocenters. The number of imide groups is 2. The average molecular weight is 960 g/mol. The first kappa shape index (κ1) is 56.5. The Labute approximate surface area is 402 Å². The van der Waals surface area contributed by atoms with E-state index in [1.807, 2.05) is 12.1 Å². The summed E-state index contributed by atoms with van der Waals surface area (Å²) in [6.45, 7) is 12.3. The molecule has 0 spiro atoms. The molecule has 4 amide bonds. The first-order chi connectivity index (χ1) is 33.5. The standard InChI is InChI=1S/C50H77N3O15/c1-2-3-4-5-6-7-8-10-41-13-15-42(16-14-41)68-40-39-67-38-37-66-36-35-65-34-33-64-32-31-63-30-29-62-28-27-61-26-25-60-24-23-59-22-21-58-20-19-51-44-12-9-11-43-47(44)50(57)53(49(43)56)45-17-18-46(54)52-48(45)55/h9,11-16,45,51H,2-8,10,17-40H2,1H3,(H,52,54,55). The molecule has 18 heteroatoms. The quantitative estimate of drug-likeness (QED) is 0.0662. The van der Waals surface area contributed by atoms with Crippen molar-refractivity contribution in [2.75, 3.05) is 151 Å². The minimum absolute atomic E-state index is 0.0646. The number of carbonyl (C=O) groups is 4. The lowest BCUT2D eigenvalue weighted by Crippen LogP contribution is -2.54. The zero-order valence-electron chi connectivity index (χ0n) is 40.3. The number of fused-ring (bicyclic) bond motifs is 1. The molecule has 1 fully saturated rings. The van der Waals surface area contributed by atoms with E-state index < -0.39 is 29.7 Å². The first-order valence-electron chi connectivity index (χ1n) is 24.6. The highest BCUT2D eigenvalue weighted by atomic mass is 16.6. The third-order valence-corrected chi connectivity index (χ3v) is 10.9. The van der Waals surface area contributed by atoms with E-state index in [2.05, 4.69) is 29.7 Å². The van der Waals surface area contributed by atoms with E-state index in [-0.39, 0.29) is 24.0 Å². The lowest BCUT2D eigenvalue weighted by Gasteiger charge is -2.27. The van der Waals surface area contributed by atoms with E-state index in [1.54, 1.807) is 18.2 Å². The van der Waals surface area contributed by atoms with Crippen molar-refractivity contribution in [1.82, 2.24) is 10.2 Å². The lowest BCUT2D eigenvalue weighted by atomic mass is 10.0. The van der Waals surface area contributed by atoms with Gasteiger partial charge in [-0.25, -0.2) is 0 Å². The molecule has 0 radical (unpaired) electrons. The molecular weight excluding hydrogens is 883 g/mol. The summed E-state index contributed by atoms with van der Waals surface area (Å²) in [5, 5.41) is 5.34. The fourth-order valence-electron chi connectivity index (χ4n) is 7.26. The van der Waals surface area contributed by atoms with Crippen molar-refractivity contribution in [3.63, 3.8) is 0 Å². The molecule has 2 aromatic carbocycles. The zero-order chi connectivity index (χ0) is 48.1. The Morgan fingerprint density at radius 3 is 1.47 bits per heavy atom. The molecule has 1 saturated heterocycles. The number of hydrogen-bond donors (Lipinski definition) is 2. The van der Waals surface area contributed by atoms with Gasteiger partial charge in [0, 0.05) is 18.7 Å². The third-order valence-electron chi connectivity index (χ3n) is 10.9. The second-order valence-electron chi connectivity index (χ2n) is 16.1. The van der Waals surface area contributed by atoms with Crippen molar-refractivity contribution >= 4 is 29.3 Å². The smallest absolute Gasteiger partial charge is 0.264 e. The molecule has 68 heavy (non-hydrogen) atoms. The minimum atomic E-state index is -1.01. The van der Waals surface area contributed by atoms with Crippen LogP contribution in [0.2, 0.25) is 0 Å². The van der Waals surface area contributed by atoms with Crippen LogP contribution in [-0.2, 0) is 63.4 Å². The number of nitrogens with one attached hydrogen (secondary N) is 2. The van der Waals surface area contributed by atoms with Crippen molar-refractivity contribution < 1.29 is 71.3 Å². The Morgan fingerprint density at radius 2 is 0.985 bits per heavy atom. The second-order valence-corrected chi connectivity index (χ2v) is 16.1. The molecule has 0 aromatic heterocycles. The van der Waals surface area contributed by atoms with Crippen molar-refractivity contribution in [1.29, 1.82) is 0 Å². The number of rotatable bonds is 44. The van der Waals surface area contributed by atoms with Crippen molar-refractivity contribution in [3.05, 3.63) is 59.2 Å². The molecule has 1 unspecified atom stereocenters. The predicted octanol–water partition coefficient (Wildman–Crippen LogP) is 5.04. The number of anilines is 1. The van der Waals surface area contributed by atoms with Gasteiger partial charge in [0.05, 0.1) is 143 Å². The molecule has 18 nitrogen and oxygen atoms in total. The third kappa shape index (κ3) is 23.5. The van der Waals surface area contributed by atoms with Gasteiger partial charge in [-0.3, -0.25) is 29.4 Å². The number of carbonyl (C=O) groups excluding carboxylic acids is 4. The summed E-state index contributed by atoms with van der Waals surface area (Å²) in [7, 11) is 0. The van der Waals surface area contributed by atoms with Crippen LogP contribution >= 0.6 is 0 Å². The fourth-order valence-corrected chi connectivity index (χ4v) is 7.26. The van der Waals surface area contributed by atoms with Crippen molar-refractivity contribution in [2.45, 2.75) is 77.2 Å². The van der Waals surface area contributed by atoms with Crippen molar-refractivity contribution in [2.24, 2.45) is 0 Å². The van der Waals surface area contributed by atoms with E-state index in [0.717, 1.165) is 17.1 Å². The Bertz CT molecular complexity index is 1680. The SMILES string of the molecule is CCCCCCCCCc1ccc(OCCOCCOCCOCCOCCOCCOCCOCCOCCOCCOCCNc2cccc3c2C(=O)N(C2CCC(=O)NC2=O)C3=O)cc1. The number of amides is 4. The monoisotopic (exact) mass is 960 g/mol. The largest absolute Gasteiger partial charge is 0.491 e. The molecule has 2 N–H and O–H groups in total. The van der Waals surface area contributed by atoms with Gasteiger partial charge in [-0.1, -0.05) is 63.6 Å². The van der Waals surface area contributed by atoms with Gasteiger partial charge in [-0.15, -0.1) is 0 Å². The van der Waals surface area contributed by atoms with E-state index >= 15 is 0 Å². The normalized spacial score (nSPS) is 14.8. The summed E-state index contributed by atoms with van der Waals surface area (Å²) in [5.41, 5.74) is 2.28. The van der Waals surface area contributed by atoms with Crippen LogP contribution in [0.25, 0.3) is 0 Å². The number of hydrogen-bond acceptors (Lipinski definition) is 16. The average Bonchev–Trinajstić information content (AvgIpc) is 3.60. The number of unbranched alkanes of at least 4 members (excludes halogenated alkanes) is 6. The van der Waals surface area contributed by atoms with Crippen LogP contribution in [-0.4, -0.2) is 180 Å². The van der Waals surface area contributed by atoms with E-state index in [9.17, 15) is 19.2 Å². The fraction of sp³-hybridized carbons (Fsp3) is 0.680. The van der Waals surface area contributed by atoms with Gasteiger partial charge in [0.15, 0.2) is 0 Å². The summed E-state index contributed by atoms with van der Waals surface area (Å²) in [5.74, 6) is -1.29. The van der Waals surface area contributed by atoms with Crippen LogP contribution in [0.1, 0.15) is 91.0 Å². The van der Waals surface area contributed by atoms with Gasteiger partial charge >= 0.3 is 0 Å². The Balaban J connectivity index is 0.797. The Hall–Kier alpha value is -4.08. The first-order valence-corrected chi connectivity index (χ1v) is 24.6. The van der Waals surface area contributed by atoms with Crippen LogP contribution in [0, 0.1) is 0 Å². The van der Waals surface area contributed by atoms with Crippen molar-refractivity contribution in [3.8, 4) is 5.75 Å². The number of piperidine rings is 1. The highest BCUT2D eigenvalue weighted by Gasteiger charge is 2.45. The topological polar surface area (TPSA) is 197 Å². The summed E-state index contributed by atoms with van der Waals surface area (Å²) < 4.78 is 61.3. The highest BCUT2D eigenvalue weighted by molar-refractivity contribution is 6.25. The number of benzene rings is 2. The van der Waals surface area contributed by atoms with Crippen LogP contribution in [0.15, 0.2) is 42.5 Å². The number of ether oxygens (including phenoxy) is 11. The van der Waals surface area contributed by atoms with Gasteiger partial charge in [0.1, 0.15) is 18.4 Å². The molecule has 2 aliphatic heterocycles. The minimum Gasteiger partial charge on any atom is -0.491 e. The van der Waals surface area contributed by atoms with Gasteiger partial charge in [-0.05, 0) is 49.1 Å². The molecule has 2 aromatic rings. The molecular formula is C50H77N3O15. The molecule has 2 heterocycles. The maximum atomic E-state index is 13.2. The molecule has 0 saturated carbocycles. The van der Waals surface area contributed by atoms with Crippen LogP contribution in [0.5, 0.6) is 5.75 Å². The molecule has 2 aliphatic rings. The zero-order valence-corrected chi connectivity index (χ0v) is 40.3. The molecule has 4 rings (SSSR count). The van der Waals surface area contributed by atoms with Crippen LogP contribution < -0.4 is 15.4 Å². The highest BCUT2D eigenvalue weighted by Crippen LogP contribution is 2.32. The Morgan fingerprint density at radius 1 is 0.529 bits per heavy atom. The Kier molecular flexibility index (Phi) is 30.6. The van der Waals surface area contributed by atoms with Gasteiger partial charge in [-0.2, -0.15) is 0 Å². The second kappa shape index (κ2) is 36.8. The van der Waals surface area contributed by atoms with E-state index in [0.29, 0.717) is 151 Å². The van der Waals surface area contributed by atoms with Crippen LogP contribution in [0.3, 0.4) is 0 Å². The maximum Gasteiger partial charge on any atom is 0.264 e. The lowest BCUT2D eigenvalue weighted by molar-refractivity contribution is -0.136. The van der Waals surface area contributed by atoms with E-state index in [4.69, 9.17) is 52.1 Å². The summed E-state index contributed by atoms with van der Waals surface area (Å²) in [4.78, 5) is 51.0. The molecule has 0 aliphatic carbocycles. The van der Waals surface area contributed by atoms with Crippen LogP contribution in [0.4, 0.5) is 5.69 Å². The summed E-state index contributed by atoms with van der Waals surface area (Å²) in [6, 6.07) is 12.3. The van der Waals surface area contributed by atoms with E-state index in [1.165, 1.54) is 50.5 Å².